The molecule has 0 saturated heterocycles. The molecule has 6 aromatic rings. The van der Waals surface area contributed by atoms with Gasteiger partial charge in [-0.2, -0.15) is 13.2 Å². The number of anilines is 2. The van der Waals surface area contributed by atoms with Crippen LogP contribution in [-0.2, 0) is 29.1 Å². The molecule has 1 aliphatic heterocycles. The summed E-state index contributed by atoms with van der Waals surface area (Å²) in [4.78, 5) is 29.5. The number of benzene rings is 2. The highest BCUT2D eigenvalue weighted by molar-refractivity contribution is 7.90. The van der Waals surface area contributed by atoms with Crippen molar-refractivity contribution in [1.29, 1.82) is 0 Å². The molecule has 59 heavy (non-hydrogen) atoms. The number of sulfone groups is 1. The molecular formula is C40H37F5N8O5S. The molecular weight excluding hydrogens is 800 g/mol. The van der Waals surface area contributed by atoms with Crippen molar-refractivity contribution >= 4 is 32.4 Å². The van der Waals surface area contributed by atoms with Crippen LogP contribution in [0.2, 0.25) is 0 Å². The molecule has 5 heterocycles. The van der Waals surface area contributed by atoms with E-state index < -0.39 is 72.6 Å². The fraction of sp³-hybridized carbons (Fsp3) is 0.300. The third-order valence-corrected chi connectivity index (χ3v) is 10.7. The number of methoxy groups -OCH3 is 2. The summed E-state index contributed by atoms with van der Waals surface area (Å²) in [5.74, 6) is -1.36. The third-order valence-electron chi connectivity index (χ3n) is 9.87. The van der Waals surface area contributed by atoms with Crippen LogP contribution in [0.5, 0.6) is 17.4 Å². The zero-order valence-corrected chi connectivity index (χ0v) is 33.4. The normalized spacial score (nSPS) is 13.5. The maximum Gasteiger partial charge on any atom is 0.418 e. The Bertz CT molecular complexity index is 2620. The molecule has 0 spiro atoms. The largest absolute Gasteiger partial charge is 0.497 e. The first-order chi connectivity index (χ1) is 28.0. The average molecular weight is 837 g/mol. The van der Waals surface area contributed by atoms with Gasteiger partial charge in [0.05, 0.1) is 38.1 Å². The Hall–Kier alpha value is -6.24. The van der Waals surface area contributed by atoms with E-state index in [9.17, 15) is 26.0 Å². The van der Waals surface area contributed by atoms with Crippen molar-refractivity contribution in [2.45, 2.75) is 51.2 Å². The lowest BCUT2D eigenvalue weighted by atomic mass is 10.0. The first-order valence-electron chi connectivity index (χ1n) is 18.1. The molecule has 1 aliphatic rings. The van der Waals surface area contributed by atoms with Crippen LogP contribution in [0.25, 0.3) is 22.3 Å². The van der Waals surface area contributed by atoms with E-state index >= 15 is 4.39 Å². The monoisotopic (exact) mass is 836 g/mol. The summed E-state index contributed by atoms with van der Waals surface area (Å²) in [6.45, 7) is 4.37. The Morgan fingerprint density at radius 1 is 0.847 bits per heavy atom. The molecule has 4 aromatic heterocycles. The number of rotatable bonds is 11. The predicted octanol–water partition coefficient (Wildman–Crippen LogP) is 7.38. The lowest BCUT2D eigenvalue weighted by Crippen LogP contribution is -2.34. The molecule has 0 saturated carbocycles. The zero-order valence-electron chi connectivity index (χ0n) is 32.6. The minimum absolute atomic E-state index is 0.00240. The first kappa shape index (κ1) is 40.9. The minimum Gasteiger partial charge on any atom is -0.497 e. The fourth-order valence-corrected chi connectivity index (χ4v) is 7.46. The predicted molar refractivity (Wildman–Crippen MR) is 207 cm³/mol. The molecule has 0 unspecified atom stereocenters. The lowest BCUT2D eigenvalue weighted by molar-refractivity contribution is -0.138. The van der Waals surface area contributed by atoms with Crippen LogP contribution in [0.4, 0.5) is 33.6 Å². The van der Waals surface area contributed by atoms with Gasteiger partial charge in [-0.25, -0.2) is 42.1 Å². The fourth-order valence-electron chi connectivity index (χ4n) is 6.95. The molecule has 0 fully saturated rings. The summed E-state index contributed by atoms with van der Waals surface area (Å²) >= 11 is 0. The van der Waals surface area contributed by atoms with Crippen LogP contribution >= 0.6 is 0 Å². The van der Waals surface area contributed by atoms with Gasteiger partial charge in [0, 0.05) is 37.3 Å². The molecule has 13 nitrogen and oxygen atoms in total. The van der Waals surface area contributed by atoms with Crippen molar-refractivity contribution in [2.24, 2.45) is 0 Å². The van der Waals surface area contributed by atoms with E-state index in [1.165, 1.54) is 12.4 Å². The zero-order chi connectivity index (χ0) is 42.4. The van der Waals surface area contributed by atoms with Gasteiger partial charge in [-0.15, -0.1) is 0 Å². The van der Waals surface area contributed by atoms with Crippen LogP contribution in [-0.4, -0.2) is 71.9 Å². The van der Waals surface area contributed by atoms with Crippen molar-refractivity contribution in [3.05, 3.63) is 106 Å². The molecule has 7 rings (SSSR count). The maximum atomic E-state index is 16.9. The number of aromatic nitrogens is 6. The van der Waals surface area contributed by atoms with Gasteiger partial charge in [-0.05, 0) is 56.2 Å². The number of hydrogen-bond donors (Lipinski definition) is 0. The smallest absolute Gasteiger partial charge is 0.418 e. The van der Waals surface area contributed by atoms with Gasteiger partial charge < -0.3 is 24.0 Å². The number of alkyl halides is 3. The third kappa shape index (κ3) is 7.98. The summed E-state index contributed by atoms with van der Waals surface area (Å²) in [5.41, 5.74) is -3.21. The average Bonchev–Trinajstić information content (AvgIpc) is 3.39. The Kier molecular flexibility index (Phi) is 11.0. The van der Waals surface area contributed by atoms with Gasteiger partial charge in [0.1, 0.15) is 57.7 Å². The Morgan fingerprint density at radius 3 is 2.00 bits per heavy atom. The second kappa shape index (κ2) is 15.8. The number of halogens is 5. The van der Waals surface area contributed by atoms with Crippen LogP contribution in [0.1, 0.15) is 46.6 Å². The van der Waals surface area contributed by atoms with Gasteiger partial charge in [-0.3, -0.25) is 4.98 Å². The van der Waals surface area contributed by atoms with Gasteiger partial charge in [0.25, 0.3) is 0 Å². The van der Waals surface area contributed by atoms with Crippen LogP contribution in [0.15, 0.2) is 66.1 Å². The second-order valence-electron chi connectivity index (χ2n) is 13.8. The van der Waals surface area contributed by atoms with E-state index in [4.69, 9.17) is 24.2 Å². The number of aryl methyl sites for hydroxylation is 1. The topological polar surface area (TPSA) is 146 Å². The molecule has 1 atom stereocenters. The summed E-state index contributed by atoms with van der Waals surface area (Å²) in [5, 5.41) is -1.01. The Balaban J connectivity index is 1.40. The number of hydrogen-bond acceptors (Lipinski definition) is 13. The molecule has 2 aromatic carbocycles. The molecule has 0 radical (unpaired) electrons. The number of nitrogens with zero attached hydrogens (tertiary/aromatic N) is 8. The first-order valence-corrected chi connectivity index (χ1v) is 20.0. The maximum absolute atomic E-state index is 16.9. The van der Waals surface area contributed by atoms with Gasteiger partial charge in [0.2, 0.25) is 20.9 Å². The minimum atomic E-state index is -5.18. The summed E-state index contributed by atoms with van der Waals surface area (Å²) < 4.78 is 118. The summed E-state index contributed by atoms with van der Waals surface area (Å²) in [6.07, 6.45) is -1.33. The van der Waals surface area contributed by atoms with E-state index in [1.54, 1.807) is 26.0 Å². The molecule has 0 amide bonds. The molecule has 0 bridgehead atoms. The number of ether oxygens (including phenoxy) is 3. The summed E-state index contributed by atoms with van der Waals surface area (Å²) in [6, 6.07) is 14.3. The highest BCUT2D eigenvalue weighted by atomic mass is 32.2. The lowest BCUT2D eigenvalue weighted by Gasteiger charge is -2.32. The van der Waals surface area contributed by atoms with Gasteiger partial charge in [0.15, 0.2) is 11.6 Å². The van der Waals surface area contributed by atoms with E-state index in [0.717, 1.165) is 31.2 Å². The molecule has 0 aliphatic carbocycles. The van der Waals surface area contributed by atoms with E-state index in [2.05, 4.69) is 19.9 Å². The van der Waals surface area contributed by atoms with E-state index in [0.29, 0.717) is 36.1 Å². The van der Waals surface area contributed by atoms with Crippen molar-refractivity contribution in [3.63, 3.8) is 0 Å². The van der Waals surface area contributed by atoms with Crippen molar-refractivity contribution < 1.29 is 44.6 Å². The molecule has 0 N–H and O–H groups in total. The Labute approximate surface area is 335 Å². The highest BCUT2D eigenvalue weighted by Gasteiger charge is 2.41. The van der Waals surface area contributed by atoms with Crippen LogP contribution < -0.4 is 24.0 Å². The standard InChI is InChI=1S/C40H37F5N8O5S/c1-21-29(40(43,44)45)34(48-22(2)30(21)41)35-31(42)33-28-36(51-39(50-33)59(6,54)55)53(17-18-58-38(28)49-35)23(3)32-37(47-16-15-46-32)52(19-24-7-11-26(56-4)12-8-24)20-25-9-13-27(57-5)14-10-25/h7-16,23H,17-20H2,1-6H3/t23-/m1/s1. The van der Waals surface area contributed by atoms with Crippen molar-refractivity contribution in [3.8, 4) is 28.8 Å². The van der Waals surface area contributed by atoms with E-state index in [-0.39, 0.29) is 30.2 Å². The summed E-state index contributed by atoms with van der Waals surface area (Å²) in [7, 11) is -1.11. The quantitative estimate of drug-likeness (QED) is 0.0946. The van der Waals surface area contributed by atoms with E-state index in [1.807, 2.05) is 53.4 Å². The van der Waals surface area contributed by atoms with Crippen LogP contribution in [0, 0.1) is 25.5 Å². The molecule has 19 heteroatoms. The van der Waals surface area contributed by atoms with Crippen molar-refractivity contribution in [2.75, 3.05) is 43.4 Å². The molecule has 308 valence electrons. The van der Waals surface area contributed by atoms with Crippen LogP contribution in [0.3, 0.4) is 0 Å². The second-order valence-corrected chi connectivity index (χ2v) is 15.7. The number of pyridine rings is 2. The van der Waals surface area contributed by atoms with Gasteiger partial charge in [-0.1, -0.05) is 24.3 Å². The highest BCUT2D eigenvalue weighted by Crippen LogP contribution is 2.45. The van der Waals surface area contributed by atoms with Gasteiger partial charge >= 0.3 is 6.18 Å². The van der Waals surface area contributed by atoms with Crippen molar-refractivity contribution in [1.82, 2.24) is 29.9 Å². The Morgan fingerprint density at radius 2 is 1.44 bits per heavy atom. The SMILES string of the molecule is COc1ccc(CN(Cc2ccc(OC)cc2)c2nccnc2[C@@H](C)N2CCOc3nc(-c4nc(C)c(F)c(C)c4C(F)(F)F)c(F)c4nc(S(C)(=O)=O)nc2c34)cc1.